The molecular formula is C14H19Cl2NOS. The highest BCUT2D eigenvalue weighted by Gasteiger charge is 2.27. The first-order chi connectivity index (χ1) is 8.70. The molecule has 0 fully saturated rings. The number of alkyl halides is 2. The standard InChI is InChI=1S/C14H19Cl2NOS/c1-9-5-7-10(8-6-9)19-12(11(15)16)17-13(18)14(2,3)4/h5-8,11-12H,1-4H3,(H,17,18). The van der Waals surface area contributed by atoms with Crippen molar-refractivity contribution in [2.45, 2.75) is 42.8 Å². The molecular weight excluding hydrogens is 301 g/mol. The lowest BCUT2D eigenvalue weighted by molar-refractivity contribution is -0.128. The highest BCUT2D eigenvalue weighted by molar-refractivity contribution is 8.00. The highest BCUT2D eigenvalue weighted by Crippen LogP contribution is 2.29. The zero-order valence-corrected chi connectivity index (χ0v) is 13.9. The third-order valence-corrected chi connectivity index (χ3v) is 4.46. The summed E-state index contributed by atoms with van der Waals surface area (Å²) in [4.78, 5) is 12.3. The van der Waals surface area contributed by atoms with Crippen LogP contribution in [0, 0.1) is 12.3 Å². The van der Waals surface area contributed by atoms with E-state index in [-0.39, 0.29) is 11.3 Å². The Bertz CT molecular complexity index is 426. The number of hydrogen-bond donors (Lipinski definition) is 1. The van der Waals surface area contributed by atoms with E-state index in [0.717, 1.165) is 4.90 Å². The summed E-state index contributed by atoms with van der Waals surface area (Å²) < 4.78 is 0. The fraction of sp³-hybridized carbons (Fsp3) is 0.500. The lowest BCUT2D eigenvalue weighted by Gasteiger charge is -2.24. The van der Waals surface area contributed by atoms with Crippen molar-refractivity contribution >= 4 is 40.9 Å². The molecule has 1 aromatic carbocycles. The Morgan fingerprint density at radius 1 is 1.21 bits per heavy atom. The van der Waals surface area contributed by atoms with Crippen LogP contribution in [-0.4, -0.2) is 16.1 Å². The number of aryl methyl sites for hydroxylation is 1. The summed E-state index contributed by atoms with van der Waals surface area (Å²) in [6.07, 6.45) is 0. The van der Waals surface area contributed by atoms with Gasteiger partial charge in [0.2, 0.25) is 5.91 Å². The minimum atomic E-state index is -0.669. The van der Waals surface area contributed by atoms with Gasteiger partial charge in [0.15, 0.2) is 0 Å². The van der Waals surface area contributed by atoms with Gasteiger partial charge in [-0.05, 0) is 19.1 Å². The molecule has 0 aliphatic heterocycles. The molecule has 0 radical (unpaired) electrons. The quantitative estimate of drug-likeness (QED) is 0.507. The average molecular weight is 320 g/mol. The van der Waals surface area contributed by atoms with E-state index in [2.05, 4.69) is 5.32 Å². The number of halogens is 2. The van der Waals surface area contributed by atoms with Crippen LogP contribution in [0.5, 0.6) is 0 Å². The van der Waals surface area contributed by atoms with E-state index in [1.807, 2.05) is 52.0 Å². The van der Waals surface area contributed by atoms with Crippen LogP contribution in [0.4, 0.5) is 0 Å². The first-order valence-electron chi connectivity index (χ1n) is 6.02. The smallest absolute Gasteiger partial charge is 0.226 e. The first-order valence-corrected chi connectivity index (χ1v) is 7.78. The van der Waals surface area contributed by atoms with Crippen LogP contribution in [0.15, 0.2) is 29.2 Å². The van der Waals surface area contributed by atoms with Gasteiger partial charge in [0.05, 0.1) is 0 Å². The molecule has 1 aromatic rings. The van der Waals surface area contributed by atoms with Gasteiger partial charge in [-0.1, -0.05) is 50.2 Å². The summed E-state index contributed by atoms with van der Waals surface area (Å²) in [6.45, 7) is 7.59. The molecule has 0 aliphatic carbocycles. The molecule has 0 aliphatic rings. The molecule has 1 N–H and O–H groups in total. The van der Waals surface area contributed by atoms with E-state index >= 15 is 0 Å². The molecule has 1 atom stereocenters. The van der Waals surface area contributed by atoms with Crippen LogP contribution >= 0.6 is 35.0 Å². The third kappa shape index (κ3) is 5.64. The van der Waals surface area contributed by atoms with Crippen LogP contribution in [0.2, 0.25) is 0 Å². The number of hydrogen-bond acceptors (Lipinski definition) is 2. The molecule has 0 saturated heterocycles. The van der Waals surface area contributed by atoms with Crippen LogP contribution in [0.1, 0.15) is 26.3 Å². The van der Waals surface area contributed by atoms with Crippen molar-refractivity contribution in [1.29, 1.82) is 0 Å². The molecule has 1 rings (SSSR count). The van der Waals surface area contributed by atoms with E-state index in [1.54, 1.807) is 0 Å². The second kappa shape index (κ2) is 6.87. The van der Waals surface area contributed by atoms with Crippen molar-refractivity contribution in [2.75, 3.05) is 0 Å². The zero-order valence-electron chi connectivity index (χ0n) is 11.5. The lowest BCUT2D eigenvalue weighted by atomic mass is 9.96. The maximum Gasteiger partial charge on any atom is 0.226 e. The number of nitrogens with one attached hydrogen (secondary N) is 1. The number of benzene rings is 1. The molecule has 5 heteroatoms. The summed E-state index contributed by atoms with van der Waals surface area (Å²) in [6, 6.07) is 8.02. The molecule has 1 unspecified atom stereocenters. The topological polar surface area (TPSA) is 29.1 Å². The van der Waals surface area contributed by atoms with Crippen molar-refractivity contribution in [2.24, 2.45) is 5.41 Å². The molecule has 2 nitrogen and oxygen atoms in total. The second-order valence-corrected chi connectivity index (χ2v) is 7.79. The Kier molecular flexibility index (Phi) is 6.03. The Labute approximate surface area is 129 Å². The minimum absolute atomic E-state index is 0.0663. The Morgan fingerprint density at radius 3 is 2.16 bits per heavy atom. The van der Waals surface area contributed by atoms with Crippen LogP contribution in [-0.2, 0) is 4.79 Å². The van der Waals surface area contributed by atoms with Crippen LogP contribution in [0.3, 0.4) is 0 Å². The lowest BCUT2D eigenvalue weighted by Crippen LogP contribution is -2.42. The van der Waals surface area contributed by atoms with Crippen molar-refractivity contribution in [3.63, 3.8) is 0 Å². The van der Waals surface area contributed by atoms with E-state index in [0.29, 0.717) is 0 Å². The molecule has 19 heavy (non-hydrogen) atoms. The van der Waals surface area contributed by atoms with Gasteiger partial charge in [-0.25, -0.2) is 0 Å². The van der Waals surface area contributed by atoms with Crippen LogP contribution < -0.4 is 5.32 Å². The van der Waals surface area contributed by atoms with Gasteiger partial charge in [0, 0.05) is 10.3 Å². The first kappa shape index (κ1) is 16.7. The highest BCUT2D eigenvalue weighted by atomic mass is 35.5. The Morgan fingerprint density at radius 2 is 1.74 bits per heavy atom. The minimum Gasteiger partial charge on any atom is -0.341 e. The molecule has 0 bridgehead atoms. The predicted octanol–water partition coefficient (Wildman–Crippen LogP) is 4.38. The number of amides is 1. The SMILES string of the molecule is Cc1ccc(SC(NC(=O)C(C)(C)C)C(Cl)Cl)cc1. The van der Waals surface area contributed by atoms with E-state index < -0.39 is 10.3 Å². The number of rotatable bonds is 4. The van der Waals surface area contributed by atoms with Gasteiger partial charge in [-0.2, -0.15) is 0 Å². The van der Waals surface area contributed by atoms with E-state index in [1.165, 1.54) is 17.3 Å². The zero-order chi connectivity index (χ0) is 14.6. The van der Waals surface area contributed by atoms with Crippen molar-refractivity contribution in [3.8, 4) is 0 Å². The summed E-state index contributed by atoms with van der Waals surface area (Å²) in [5.41, 5.74) is 0.724. The van der Waals surface area contributed by atoms with Gasteiger partial charge in [0.25, 0.3) is 0 Å². The van der Waals surface area contributed by atoms with Gasteiger partial charge >= 0.3 is 0 Å². The molecule has 106 valence electrons. The maximum absolute atomic E-state index is 12.0. The molecule has 0 saturated carbocycles. The maximum atomic E-state index is 12.0. The normalized spacial score (nSPS) is 13.4. The fourth-order valence-corrected chi connectivity index (χ4v) is 2.54. The summed E-state index contributed by atoms with van der Waals surface area (Å²) in [5, 5.41) is 2.52. The summed E-state index contributed by atoms with van der Waals surface area (Å²) >= 11 is 13.4. The Hall–Kier alpha value is -0.380. The second-order valence-electron chi connectivity index (χ2n) is 5.41. The van der Waals surface area contributed by atoms with Crippen molar-refractivity contribution in [3.05, 3.63) is 29.8 Å². The van der Waals surface area contributed by atoms with Gasteiger partial charge in [0.1, 0.15) is 10.2 Å². The third-order valence-electron chi connectivity index (χ3n) is 2.47. The number of thioether (sulfide) groups is 1. The predicted molar refractivity (Wildman–Crippen MR) is 83.9 cm³/mol. The summed E-state index contributed by atoms with van der Waals surface area (Å²) in [7, 11) is 0. The van der Waals surface area contributed by atoms with Crippen molar-refractivity contribution in [1.82, 2.24) is 5.32 Å². The number of carbonyl (C=O) groups excluding carboxylic acids is 1. The number of carbonyl (C=O) groups is 1. The Balaban J connectivity index is 2.74. The molecule has 0 aromatic heterocycles. The largest absolute Gasteiger partial charge is 0.341 e. The van der Waals surface area contributed by atoms with Gasteiger partial charge in [-0.15, -0.1) is 23.2 Å². The van der Waals surface area contributed by atoms with Gasteiger partial charge in [-0.3, -0.25) is 4.79 Å². The van der Waals surface area contributed by atoms with Crippen LogP contribution in [0.25, 0.3) is 0 Å². The molecule has 1 amide bonds. The van der Waals surface area contributed by atoms with Crippen molar-refractivity contribution < 1.29 is 4.79 Å². The molecule has 0 spiro atoms. The molecule has 0 heterocycles. The van der Waals surface area contributed by atoms with E-state index in [9.17, 15) is 4.79 Å². The fourth-order valence-electron chi connectivity index (χ4n) is 1.25. The van der Waals surface area contributed by atoms with E-state index in [4.69, 9.17) is 23.2 Å². The monoisotopic (exact) mass is 319 g/mol. The van der Waals surface area contributed by atoms with Gasteiger partial charge < -0.3 is 5.32 Å². The average Bonchev–Trinajstić information content (AvgIpc) is 2.29. The summed E-state index contributed by atoms with van der Waals surface area (Å²) in [5.74, 6) is -0.0663.